The lowest BCUT2D eigenvalue weighted by molar-refractivity contribution is 0.119. The van der Waals surface area contributed by atoms with Crippen LogP contribution in [-0.2, 0) is 4.74 Å². The van der Waals surface area contributed by atoms with Crippen LogP contribution in [0.25, 0.3) is 0 Å². The highest BCUT2D eigenvalue weighted by Gasteiger charge is 2.29. The smallest absolute Gasteiger partial charge is 0.315 e. The summed E-state index contributed by atoms with van der Waals surface area (Å²) in [6, 6.07) is 3.96. The molecule has 0 saturated carbocycles. The highest BCUT2D eigenvalue weighted by Crippen LogP contribution is 2.25. The Balaban J connectivity index is 1.46. The monoisotopic (exact) mass is 359 g/mol. The molecule has 3 atom stereocenters. The molecule has 3 unspecified atom stereocenters. The summed E-state index contributed by atoms with van der Waals surface area (Å²) in [5.41, 5.74) is 1.93. The standard InChI is InChI=1S/C19H29N5O2/c1-13(2)18-15(8-10-26-18)11-20-19(25)21-16-5-4-9-24(12-16)17-7-6-14(3)22-23-17/h6-7,15-16,18H,1,4-5,8-12H2,2-3H3,(H2,20,21,25). The first-order valence-corrected chi connectivity index (χ1v) is 9.39. The van der Waals surface area contributed by atoms with Crippen LogP contribution in [0.1, 0.15) is 31.9 Å². The van der Waals surface area contributed by atoms with Gasteiger partial charge in [-0.1, -0.05) is 12.2 Å². The normalized spacial score (nSPS) is 25.8. The third kappa shape index (κ3) is 4.72. The van der Waals surface area contributed by atoms with Crippen molar-refractivity contribution in [2.45, 2.75) is 45.3 Å². The van der Waals surface area contributed by atoms with E-state index in [0.29, 0.717) is 12.5 Å². The van der Waals surface area contributed by atoms with Crippen molar-refractivity contribution < 1.29 is 9.53 Å². The number of nitrogens with one attached hydrogen (secondary N) is 2. The molecule has 1 aromatic rings. The molecule has 0 aromatic carbocycles. The highest BCUT2D eigenvalue weighted by atomic mass is 16.5. The van der Waals surface area contributed by atoms with Crippen LogP contribution >= 0.6 is 0 Å². The lowest BCUT2D eigenvalue weighted by Gasteiger charge is -2.33. The lowest BCUT2D eigenvalue weighted by atomic mass is 9.97. The number of urea groups is 1. The topological polar surface area (TPSA) is 79.4 Å². The van der Waals surface area contributed by atoms with Gasteiger partial charge < -0.3 is 20.3 Å². The summed E-state index contributed by atoms with van der Waals surface area (Å²) in [5.74, 6) is 1.18. The molecule has 2 amide bonds. The van der Waals surface area contributed by atoms with E-state index in [2.05, 4.69) is 32.3 Å². The third-order valence-electron chi connectivity index (χ3n) is 5.09. The Labute approximate surface area is 155 Å². The van der Waals surface area contributed by atoms with E-state index < -0.39 is 0 Å². The second kappa shape index (κ2) is 8.49. The van der Waals surface area contributed by atoms with E-state index in [9.17, 15) is 4.79 Å². The molecule has 7 nitrogen and oxygen atoms in total. The number of ether oxygens (including phenoxy) is 1. The quantitative estimate of drug-likeness (QED) is 0.787. The zero-order valence-corrected chi connectivity index (χ0v) is 15.7. The zero-order valence-electron chi connectivity index (χ0n) is 15.7. The maximum absolute atomic E-state index is 12.3. The van der Waals surface area contributed by atoms with E-state index >= 15 is 0 Å². The molecule has 2 aliphatic heterocycles. The van der Waals surface area contributed by atoms with Crippen molar-refractivity contribution in [1.82, 2.24) is 20.8 Å². The number of rotatable bonds is 5. The van der Waals surface area contributed by atoms with Gasteiger partial charge in [-0.15, -0.1) is 5.10 Å². The molecule has 3 heterocycles. The number of piperidine rings is 1. The summed E-state index contributed by atoms with van der Waals surface area (Å²) in [6.45, 7) is 10.9. The van der Waals surface area contributed by atoms with E-state index in [1.54, 1.807) is 0 Å². The number of hydrogen-bond donors (Lipinski definition) is 2. The Morgan fingerprint density at radius 1 is 1.38 bits per heavy atom. The first kappa shape index (κ1) is 18.6. The second-order valence-corrected chi connectivity index (χ2v) is 7.36. The number of aryl methyl sites for hydroxylation is 1. The minimum atomic E-state index is -0.112. The number of carbonyl (C=O) groups is 1. The van der Waals surface area contributed by atoms with Crippen molar-refractivity contribution in [3.63, 3.8) is 0 Å². The van der Waals surface area contributed by atoms with Gasteiger partial charge in [0.1, 0.15) is 0 Å². The van der Waals surface area contributed by atoms with Gasteiger partial charge in [0.05, 0.1) is 11.8 Å². The van der Waals surface area contributed by atoms with Gasteiger partial charge in [0, 0.05) is 38.2 Å². The number of anilines is 1. The number of aromatic nitrogens is 2. The maximum atomic E-state index is 12.3. The number of carbonyl (C=O) groups excluding carboxylic acids is 1. The molecule has 3 rings (SSSR count). The largest absolute Gasteiger partial charge is 0.374 e. The lowest BCUT2D eigenvalue weighted by Crippen LogP contribution is -2.51. The molecule has 0 aliphatic carbocycles. The predicted molar refractivity (Wildman–Crippen MR) is 101 cm³/mol. The summed E-state index contributed by atoms with van der Waals surface area (Å²) >= 11 is 0. The first-order valence-electron chi connectivity index (χ1n) is 9.39. The molecule has 1 aromatic heterocycles. The van der Waals surface area contributed by atoms with Crippen LogP contribution in [0.2, 0.25) is 0 Å². The van der Waals surface area contributed by atoms with Crippen molar-refractivity contribution in [1.29, 1.82) is 0 Å². The number of amides is 2. The van der Waals surface area contributed by atoms with Gasteiger partial charge in [-0.05, 0) is 45.2 Å². The first-order chi connectivity index (χ1) is 12.5. The third-order valence-corrected chi connectivity index (χ3v) is 5.09. The van der Waals surface area contributed by atoms with Crippen LogP contribution in [0.3, 0.4) is 0 Å². The molecule has 0 spiro atoms. The van der Waals surface area contributed by atoms with Gasteiger partial charge in [0.2, 0.25) is 0 Å². The summed E-state index contributed by atoms with van der Waals surface area (Å²) in [4.78, 5) is 14.5. The second-order valence-electron chi connectivity index (χ2n) is 7.36. The van der Waals surface area contributed by atoms with Crippen LogP contribution in [0.15, 0.2) is 24.3 Å². The Kier molecular flexibility index (Phi) is 6.08. The van der Waals surface area contributed by atoms with Crippen LogP contribution in [0.4, 0.5) is 10.6 Å². The fourth-order valence-corrected chi connectivity index (χ4v) is 3.71. The molecular formula is C19H29N5O2. The molecule has 2 aliphatic rings. The van der Waals surface area contributed by atoms with Gasteiger partial charge in [-0.25, -0.2) is 4.79 Å². The molecule has 2 saturated heterocycles. The molecule has 2 fully saturated rings. The van der Waals surface area contributed by atoms with E-state index in [1.165, 1.54) is 0 Å². The minimum Gasteiger partial charge on any atom is -0.374 e. The van der Waals surface area contributed by atoms with Gasteiger partial charge in [-0.3, -0.25) is 0 Å². The van der Waals surface area contributed by atoms with Crippen molar-refractivity contribution in [3.05, 3.63) is 30.0 Å². The minimum absolute atomic E-state index is 0.0561. The SMILES string of the molecule is C=C(C)C1OCCC1CNC(=O)NC1CCCN(c2ccc(C)nn2)C1. The summed E-state index contributed by atoms with van der Waals surface area (Å²) in [5, 5.41) is 14.5. The molecule has 2 N–H and O–H groups in total. The summed E-state index contributed by atoms with van der Waals surface area (Å²) < 4.78 is 5.69. The van der Waals surface area contributed by atoms with Crippen molar-refractivity contribution in [2.75, 3.05) is 31.1 Å². The fourth-order valence-electron chi connectivity index (χ4n) is 3.71. The predicted octanol–water partition coefficient (Wildman–Crippen LogP) is 2.03. The highest BCUT2D eigenvalue weighted by molar-refractivity contribution is 5.74. The van der Waals surface area contributed by atoms with Gasteiger partial charge >= 0.3 is 6.03 Å². The van der Waals surface area contributed by atoms with Gasteiger partial charge in [0.15, 0.2) is 5.82 Å². The van der Waals surface area contributed by atoms with Crippen molar-refractivity contribution >= 4 is 11.8 Å². The molecule has 0 radical (unpaired) electrons. The van der Waals surface area contributed by atoms with E-state index in [4.69, 9.17) is 4.74 Å². The van der Waals surface area contributed by atoms with E-state index in [-0.39, 0.29) is 18.2 Å². The molecule has 142 valence electrons. The van der Waals surface area contributed by atoms with Crippen LogP contribution in [0, 0.1) is 12.8 Å². The Morgan fingerprint density at radius 3 is 2.96 bits per heavy atom. The Bertz CT molecular complexity index is 633. The molecular weight excluding hydrogens is 330 g/mol. The number of hydrogen-bond acceptors (Lipinski definition) is 5. The van der Waals surface area contributed by atoms with Crippen LogP contribution in [-0.4, -0.2) is 54.6 Å². The zero-order chi connectivity index (χ0) is 18.5. The molecule has 7 heteroatoms. The maximum Gasteiger partial charge on any atom is 0.315 e. The Morgan fingerprint density at radius 2 is 2.23 bits per heavy atom. The van der Waals surface area contributed by atoms with Crippen LogP contribution < -0.4 is 15.5 Å². The van der Waals surface area contributed by atoms with E-state index in [1.807, 2.05) is 26.0 Å². The summed E-state index contributed by atoms with van der Waals surface area (Å²) in [7, 11) is 0. The van der Waals surface area contributed by atoms with Crippen molar-refractivity contribution in [2.24, 2.45) is 5.92 Å². The van der Waals surface area contributed by atoms with E-state index in [0.717, 1.165) is 56.0 Å². The van der Waals surface area contributed by atoms with Crippen LogP contribution in [0.5, 0.6) is 0 Å². The Hall–Kier alpha value is -2.15. The van der Waals surface area contributed by atoms with Gasteiger partial charge in [0.25, 0.3) is 0 Å². The fraction of sp³-hybridized carbons (Fsp3) is 0.632. The molecule has 0 bridgehead atoms. The average Bonchev–Trinajstić information content (AvgIpc) is 3.10. The summed E-state index contributed by atoms with van der Waals surface area (Å²) in [6.07, 6.45) is 3.01. The van der Waals surface area contributed by atoms with Crippen molar-refractivity contribution in [3.8, 4) is 0 Å². The molecule has 26 heavy (non-hydrogen) atoms. The van der Waals surface area contributed by atoms with Gasteiger partial charge in [-0.2, -0.15) is 5.10 Å². The number of nitrogens with zero attached hydrogens (tertiary/aromatic N) is 3. The average molecular weight is 359 g/mol.